The molecule has 4 heteroatoms. The quantitative estimate of drug-likeness (QED) is 0.461. The Kier molecular flexibility index (Phi) is 7.35. The van der Waals surface area contributed by atoms with Crippen molar-refractivity contribution < 1.29 is 9.32 Å². The molecule has 3 saturated carbocycles. The standard InChI is InChI=1S/C29H41NO2S/c1-21-11-14-25(31)20-24(21)13-12-23-8-7-18-29(3)27(15-16-28(23)29)22(2)17-19-33(30,32)26-9-5-4-6-10-26/h4-6,9-10,12-13,22,25,27-28,30-31H,1,7-8,11,14-20H2,2-3H3/b23-12+,24-13-/t22?,25?,27?,28-,29+,33?/m0/s1. The molecule has 0 aliphatic heterocycles. The lowest BCUT2D eigenvalue weighted by Crippen LogP contribution is -2.36. The van der Waals surface area contributed by atoms with Crippen LogP contribution in [0.4, 0.5) is 0 Å². The number of fused-ring (bicyclic) bond motifs is 1. The molecular formula is C29H41NO2S. The Labute approximate surface area is 201 Å². The summed E-state index contributed by atoms with van der Waals surface area (Å²) in [5.41, 5.74) is 4.28. The van der Waals surface area contributed by atoms with E-state index in [2.05, 4.69) is 32.6 Å². The lowest BCUT2D eigenvalue weighted by atomic mass is 9.61. The zero-order valence-corrected chi connectivity index (χ0v) is 21.2. The molecule has 180 valence electrons. The van der Waals surface area contributed by atoms with Crippen LogP contribution in [-0.2, 0) is 9.73 Å². The number of rotatable bonds is 6. The molecule has 0 radical (unpaired) electrons. The van der Waals surface area contributed by atoms with E-state index in [-0.39, 0.29) is 6.10 Å². The van der Waals surface area contributed by atoms with E-state index in [9.17, 15) is 9.32 Å². The van der Waals surface area contributed by atoms with Gasteiger partial charge in [0.15, 0.2) is 0 Å². The summed E-state index contributed by atoms with van der Waals surface area (Å²) in [4.78, 5) is 0.665. The first kappa shape index (κ1) is 24.5. The Hall–Kier alpha value is -1.65. The van der Waals surface area contributed by atoms with Crippen molar-refractivity contribution in [2.75, 3.05) is 5.75 Å². The van der Waals surface area contributed by atoms with E-state index >= 15 is 0 Å². The smallest absolute Gasteiger partial charge is 0.0726 e. The van der Waals surface area contributed by atoms with Gasteiger partial charge in [0.25, 0.3) is 0 Å². The minimum atomic E-state index is -2.72. The van der Waals surface area contributed by atoms with Crippen LogP contribution in [0.15, 0.2) is 70.7 Å². The van der Waals surface area contributed by atoms with Crippen molar-refractivity contribution in [1.82, 2.24) is 0 Å². The molecule has 2 N–H and O–H groups in total. The van der Waals surface area contributed by atoms with Gasteiger partial charge in [0.1, 0.15) is 0 Å². The molecule has 0 spiro atoms. The fourth-order valence-electron chi connectivity index (χ4n) is 6.92. The number of nitrogens with one attached hydrogen (secondary N) is 1. The number of allylic oxidation sites excluding steroid dienone is 4. The molecule has 1 aromatic carbocycles. The van der Waals surface area contributed by atoms with Crippen molar-refractivity contribution in [3.63, 3.8) is 0 Å². The van der Waals surface area contributed by atoms with Crippen LogP contribution in [0.25, 0.3) is 0 Å². The highest BCUT2D eigenvalue weighted by atomic mass is 32.2. The fourth-order valence-corrected chi connectivity index (χ4v) is 8.46. The molecule has 0 bridgehead atoms. The van der Waals surface area contributed by atoms with E-state index in [4.69, 9.17) is 4.78 Å². The van der Waals surface area contributed by atoms with Crippen LogP contribution in [0.2, 0.25) is 0 Å². The summed E-state index contributed by atoms with van der Waals surface area (Å²) < 4.78 is 21.5. The molecule has 3 aliphatic rings. The van der Waals surface area contributed by atoms with Gasteiger partial charge in [0.05, 0.1) is 15.8 Å². The Morgan fingerprint density at radius 3 is 2.73 bits per heavy atom. The average Bonchev–Trinajstić information content (AvgIpc) is 3.16. The van der Waals surface area contributed by atoms with Gasteiger partial charge in [-0.3, -0.25) is 0 Å². The van der Waals surface area contributed by atoms with Crippen molar-refractivity contribution in [2.24, 2.45) is 23.2 Å². The van der Waals surface area contributed by atoms with E-state index in [0.29, 0.717) is 33.8 Å². The van der Waals surface area contributed by atoms with Gasteiger partial charge in [-0.05, 0) is 98.7 Å². The van der Waals surface area contributed by atoms with E-state index in [1.807, 2.05) is 30.3 Å². The van der Waals surface area contributed by atoms with Crippen LogP contribution in [0.3, 0.4) is 0 Å². The fraction of sp³-hybridized carbons (Fsp3) is 0.586. The van der Waals surface area contributed by atoms with E-state index < -0.39 is 9.73 Å². The second kappa shape index (κ2) is 9.92. The van der Waals surface area contributed by atoms with Crippen LogP contribution < -0.4 is 0 Å². The highest BCUT2D eigenvalue weighted by Crippen LogP contribution is 2.59. The van der Waals surface area contributed by atoms with Crippen molar-refractivity contribution in [1.29, 1.82) is 4.78 Å². The van der Waals surface area contributed by atoms with Crippen molar-refractivity contribution in [3.05, 3.63) is 65.8 Å². The van der Waals surface area contributed by atoms with Gasteiger partial charge in [0, 0.05) is 10.6 Å². The molecule has 33 heavy (non-hydrogen) atoms. The van der Waals surface area contributed by atoms with Gasteiger partial charge in [-0.25, -0.2) is 8.99 Å². The average molecular weight is 468 g/mol. The first-order chi connectivity index (χ1) is 15.7. The summed E-state index contributed by atoms with van der Waals surface area (Å²) in [5, 5.41) is 10.1. The van der Waals surface area contributed by atoms with Crippen molar-refractivity contribution in [2.45, 2.75) is 82.6 Å². The third kappa shape index (κ3) is 5.22. The summed E-state index contributed by atoms with van der Waals surface area (Å²) >= 11 is 0. The zero-order chi connectivity index (χ0) is 23.6. The summed E-state index contributed by atoms with van der Waals surface area (Å²) in [6.07, 6.45) is 13.8. The summed E-state index contributed by atoms with van der Waals surface area (Å²) in [6.45, 7) is 9.04. The molecular weight excluding hydrogens is 426 g/mol. The van der Waals surface area contributed by atoms with E-state index in [1.165, 1.54) is 43.3 Å². The van der Waals surface area contributed by atoms with Crippen molar-refractivity contribution >= 4 is 9.73 Å². The Morgan fingerprint density at radius 2 is 1.97 bits per heavy atom. The zero-order valence-electron chi connectivity index (χ0n) is 20.4. The third-order valence-electron chi connectivity index (χ3n) is 8.90. The molecule has 4 rings (SSSR count). The first-order valence-corrected chi connectivity index (χ1v) is 14.5. The highest BCUT2D eigenvalue weighted by molar-refractivity contribution is 7.92. The first-order valence-electron chi connectivity index (χ1n) is 12.8. The second-order valence-corrected chi connectivity index (χ2v) is 13.2. The molecule has 0 aromatic heterocycles. The molecule has 3 nitrogen and oxygen atoms in total. The molecule has 3 aliphatic carbocycles. The molecule has 1 aromatic rings. The molecule has 0 heterocycles. The Bertz CT molecular complexity index is 1020. The number of benzene rings is 1. The number of aliphatic hydroxyl groups is 1. The summed E-state index contributed by atoms with van der Waals surface area (Å²) in [7, 11) is -2.72. The predicted molar refractivity (Wildman–Crippen MR) is 138 cm³/mol. The van der Waals surface area contributed by atoms with Crippen LogP contribution >= 0.6 is 0 Å². The lowest BCUT2D eigenvalue weighted by Gasteiger charge is -2.44. The molecule has 4 unspecified atom stereocenters. The minimum absolute atomic E-state index is 0.225. The van der Waals surface area contributed by atoms with Gasteiger partial charge in [0.2, 0.25) is 0 Å². The second-order valence-electron chi connectivity index (χ2n) is 11.0. The minimum Gasteiger partial charge on any atom is -0.393 e. The van der Waals surface area contributed by atoms with E-state index in [0.717, 1.165) is 25.7 Å². The monoisotopic (exact) mass is 467 g/mol. The molecule has 0 amide bonds. The normalized spacial score (nSPS) is 35.4. The number of hydrogen-bond acceptors (Lipinski definition) is 3. The number of aliphatic hydroxyl groups excluding tert-OH is 1. The molecule has 0 saturated heterocycles. The number of hydrogen-bond donors (Lipinski definition) is 2. The van der Waals surface area contributed by atoms with Gasteiger partial charge >= 0.3 is 0 Å². The van der Waals surface area contributed by atoms with Gasteiger partial charge in [-0.15, -0.1) is 0 Å². The summed E-state index contributed by atoms with van der Waals surface area (Å²) in [5.74, 6) is 2.17. The largest absolute Gasteiger partial charge is 0.393 e. The van der Waals surface area contributed by atoms with Gasteiger partial charge < -0.3 is 5.11 Å². The summed E-state index contributed by atoms with van der Waals surface area (Å²) in [6, 6.07) is 9.34. The maximum atomic E-state index is 13.0. The van der Waals surface area contributed by atoms with Crippen LogP contribution in [-0.4, -0.2) is 21.2 Å². The van der Waals surface area contributed by atoms with Crippen molar-refractivity contribution in [3.8, 4) is 0 Å². The van der Waals surface area contributed by atoms with Crippen LogP contribution in [0.1, 0.15) is 71.6 Å². The molecule has 3 fully saturated rings. The van der Waals surface area contributed by atoms with Gasteiger partial charge in [-0.1, -0.05) is 61.9 Å². The van der Waals surface area contributed by atoms with Crippen LogP contribution in [0, 0.1) is 27.9 Å². The maximum Gasteiger partial charge on any atom is 0.0726 e. The highest BCUT2D eigenvalue weighted by Gasteiger charge is 2.50. The predicted octanol–water partition coefficient (Wildman–Crippen LogP) is 7.29. The van der Waals surface area contributed by atoms with Crippen LogP contribution in [0.5, 0.6) is 0 Å². The lowest BCUT2D eigenvalue weighted by molar-refractivity contribution is 0.0964. The van der Waals surface area contributed by atoms with Gasteiger partial charge in [-0.2, -0.15) is 0 Å². The van der Waals surface area contributed by atoms with E-state index in [1.54, 1.807) is 5.57 Å². The Morgan fingerprint density at radius 1 is 1.21 bits per heavy atom. The maximum absolute atomic E-state index is 13.0. The SMILES string of the molecule is C=C1CCC(O)C/C1=C/C=C1\CCC[C@]2(C)C(C(C)CCS(=N)(=O)c3ccccc3)CC[C@@H]12. The third-order valence-corrected chi connectivity index (χ3v) is 10.7. The Balaban J connectivity index is 1.45. The molecule has 6 atom stereocenters. The topological polar surface area (TPSA) is 61.1 Å².